The van der Waals surface area contributed by atoms with Crippen LogP contribution in [0.1, 0.15) is 45.6 Å². The third-order valence-corrected chi connectivity index (χ3v) is 4.97. The topological polar surface area (TPSA) is 164 Å². The highest BCUT2D eigenvalue weighted by atomic mass is 16.5. The molecule has 1 rings (SSSR count). The van der Waals surface area contributed by atoms with Crippen LogP contribution in [0.25, 0.3) is 0 Å². The molecule has 7 N–H and O–H groups in total. The number of likely N-dealkylation sites (N-methyl/N-ethyl adjacent to an activating group) is 1. The molecule has 34 heavy (non-hydrogen) atoms. The van der Waals surface area contributed by atoms with Crippen molar-refractivity contribution in [3.8, 4) is 0 Å². The van der Waals surface area contributed by atoms with Gasteiger partial charge in [-0.1, -0.05) is 32.9 Å². The predicted octanol–water partition coefficient (Wildman–Crippen LogP) is 1.44. The minimum atomic E-state index is -0.804. The Hall–Kier alpha value is -3.34. The molecule has 0 saturated carbocycles. The molecular formula is C23H38N6O5. The molecular weight excluding hydrogens is 440 g/mol. The van der Waals surface area contributed by atoms with E-state index in [2.05, 4.69) is 26.6 Å². The van der Waals surface area contributed by atoms with E-state index in [4.69, 9.17) is 10.5 Å². The second-order valence-corrected chi connectivity index (χ2v) is 8.19. The van der Waals surface area contributed by atoms with Crippen molar-refractivity contribution < 1.29 is 23.9 Å². The number of alkyl carbamates (subject to hydrolysis) is 1. The van der Waals surface area contributed by atoms with Crippen molar-refractivity contribution in [2.45, 2.75) is 58.7 Å². The van der Waals surface area contributed by atoms with E-state index in [1.807, 2.05) is 20.8 Å². The maximum absolute atomic E-state index is 12.9. The number of carbonyl (C=O) groups is 4. The Morgan fingerprint density at radius 2 is 1.68 bits per heavy atom. The zero-order valence-electron chi connectivity index (χ0n) is 20.4. The standard InChI is InChI=1S/C23H38N6O5/c1-5-12-27-23(33)34-14-16-8-10-17(11-9-16)28-20(30)18(7-6-13-26-22(24)32)29-21(31)19(25-4)15(2)3/h8-11,15,18-19,25H,5-7,12-14H2,1-4H3,(H,27,33)(H,28,30)(H,29,31)(H3,24,26,32)/t18-,19-/m0/s1. The van der Waals surface area contributed by atoms with Gasteiger partial charge in [0.2, 0.25) is 11.8 Å². The Kier molecular flexibility index (Phi) is 13.1. The van der Waals surface area contributed by atoms with E-state index in [9.17, 15) is 19.2 Å². The van der Waals surface area contributed by atoms with Gasteiger partial charge in [0.15, 0.2) is 0 Å². The van der Waals surface area contributed by atoms with Crippen molar-refractivity contribution in [3.05, 3.63) is 29.8 Å². The molecule has 0 unspecified atom stereocenters. The number of rotatable bonds is 14. The van der Waals surface area contributed by atoms with Gasteiger partial charge in [0.25, 0.3) is 0 Å². The lowest BCUT2D eigenvalue weighted by Crippen LogP contribution is -2.52. The molecule has 2 atom stereocenters. The second kappa shape index (κ2) is 15.5. The monoisotopic (exact) mass is 478 g/mol. The average molecular weight is 479 g/mol. The summed E-state index contributed by atoms with van der Waals surface area (Å²) in [4.78, 5) is 48.0. The number of ether oxygens (including phenoxy) is 1. The summed E-state index contributed by atoms with van der Waals surface area (Å²) in [6.07, 6.45) is 1.10. The van der Waals surface area contributed by atoms with Gasteiger partial charge >= 0.3 is 12.1 Å². The number of hydrogen-bond acceptors (Lipinski definition) is 6. The van der Waals surface area contributed by atoms with Crippen molar-refractivity contribution in [1.29, 1.82) is 0 Å². The molecule has 0 heterocycles. The molecule has 1 aromatic carbocycles. The summed E-state index contributed by atoms with van der Waals surface area (Å²) in [7, 11) is 1.69. The fraction of sp³-hybridized carbons (Fsp3) is 0.565. The fourth-order valence-corrected chi connectivity index (χ4v) is 3.16. The number of urea groups is 1. The maximum Gasteiger partial charge on any atom is 0.407 e. The second-order valence-electron chi connectivity index (χ2n) is 8.19. The van der Waals surface area contributed by atoms with Crippen molar-refractivity contribution in [3.63, 3.8) is 0 Å². The summed E-state index contributed by atoms with van der Waals surface area (Å²) in [5.41, 5.74) is 6.38. The van der Waals surface area contributed by atoms with E-state index in [-0.39, 0.29) is 30.9 Å². The van der Waals surface area contributed by atoms with Gasteiger partial charge in [-0.3, -0.25) is 9.59 Å². The molecule has 11 nitrogen and oxygen atoms in total. The van der Waals surface area contributed by atoms with E-state index >= 15 is 0 Å². The minimum absolute atomic E-state index is 0.0315. The average Bonchev–Trinajstić information content (AvgIpc) is 2.79. The molecule has 0 radical (unpaired) electrons. The summed E-state index contributed by atoms with van der Waals surface area (Å²) >= 11 is 0. The van der Waals surface area contributed by atoms with Crippen LogP contribution in [0.4, 0.5) is 15.3 Å². The van der Waals surface area contributed by atoms with Gasteiger partial charge in [-0.25, -0.2) is 9.59 Å². The highest BCUT2D eigenvalue weighted by molar-refractivity contribution is 5.97. The third-order valence-electron chi connectivity index (χ3n) is 4.97. The van der Waals surface area contributed by atoms with Crippen molar-refractivity contribution in [1.82, 2.24) is 21.3 Å². The van der Waals surface area contributed by atoms with Crippen LogP contribution in [0.3, 0.4) is 0 Å². The Labute approximate surface area is 200 Å². The third kappa shape index (κ3) is 11.0. The van der Waals surface area contributed by atoms with Crippen molar-refractivity contribution in [2.75, 3.05) is 25.5 Å². The van der Waals surface area contributed by atoms with Crippen LogP contribution in [0.5, 0.6) is 0 Å². The quantitative estimate of drug-likeness (QED) is 0.222. The highest BCUT2D eigenvalue weighted by Crippen LogP contribution is 2.12. The van der Waals surface area contributed by atoms with Crippen LogP contribution >= 0.6 is 0 Å². The number of hydrogen-bond donors (Lipinski definition) is 6. The summed E-state index contributed by atoms with van der Waals surface area (Å²) in [6, 6.07) is 4.96. The summed E-state index contributed by atoms with van der Waals surface area (Å²) in [5.74, 6) is -0.632. The first-order valence-corrected chi connectivity index (χ1v) is 11.5. The van der Waals surface area contributed by atoms with E-state index in [0.29, 0.717) is 25.1 Å². The van der Waals surface area contributed by atoms with Crippen LogP contribution in [-0.4, -0.2) is 56.2 Å². The zero-order valence-corrected chi connectivity index (χ0v) is 20.4. The summed E-state index contributed by atoms with van der Waals surface area (Å²) in [5, 5.41) is 13.7. The van der Waals surface area contributed by atoms with E-state index < -0.39 is 24.2 Å². The molecule has 0 aromatic heterocycles. The molecule has 0 spiro atoms. The van der Waals surface area contributed by atoms with Gasteiger partial charge in [-0.15, -0.1) is 0 Å². The Morgan fingerprint density at radius 1 is 1.00 bits per heavy atom. The van der Waals surface area contributed by atoms with Crippen LogP contribution < -0.4 is 32.3 Å². The smallest absolute Gasteiger partial charge is 0.407 e. The normalized spacial score (nSPS) is 12.4. The molecule has 0 aliphatic carbocycles. The van der Waals surface area contributed by atoms with Gasteiger partial charge in [0, 0.05) is 18.8 Å². The maximum atomic E-state index is 12.9. The lowest BCUT2D eigenvalue weighted by Gasteiger charge is -2.24. The molecule has 0 aliphatic heterocycles. The molecule has 0 fully saturated rings. The van der Waals surface area contributed by atoms with Gasteiger partial charge in [0.05, 0.1) is 6.04 Å². The van der Waals surface area contributed by atoms with Crippen molar-refractivity contribution in [2.24, 2.45) is 11.7 Å². The number of benzene rings is 1. The minimum Gasteiger partial charge on any atom is -0.445 e. The molecule has 0 saturated heterocycles. The van der Waals surface area contributed by atoms with Crippen LogP contribution in [0.2, 0.25) is 0 Å². The molecule has 0 aliphatic rings. The van der Waals surface area contributed by atoms with Gasteiger partial charge in [-0.2, -0.15) is 0 Å². The molecule has 5 amide bonds. The SMILES string of the molecule is CCCNC(=O)OCc1ccc(NC(=O)[C@H](CCCNC(N)=O)NC(=O)[C@@H](NC)C(C)C)cc1. The first kappa shape index (κ1) is 28.7. The fourth-order valence-electron chi connectivity index (χ4n) is 3.16. The highest BCUT2D eigenvalue weighted by Gasteiger charge is 2.26. The summed E-state index contributed by atoms with van der Waals surface area (Å²) < 4.78 is 5.13. The first-order valence-electron chi connectivity index (χ1n) is 11.5. The lowest BCUT2D eigenvalue weighted by molar-refractivity contribution is -0.128. The number of primary amides is 1. The molecule has 11 heteroatoms. The van der Waals surface area contributed by atoms with Crippen LogP contribution in [0.15, 0.2) is 24.3 Å². The van der Waals surface area contributed by atoms with E-state index in [0.717, 1.165) is 12.0 Å². The van der Waals surface area contributed by atoms with Gasteiger partial charge < -0.3 is 37.1 Å². The van der Waals surface area contributed by atoms with Crippen molar-refractivity contribution >= 4 is 29.6 Å². The summed E-state index contributed by atoms with van der Waals surface area (Å²) in [6.45, 7) is 6.71. The molecule has 0 bridgehead atoms. The number of nitrogens with two attached hydrogens (primary N) is 1. The Bertz CT molecular complexity index is 800. The van der Waals surface area contributed by atoms with Crippen LogP contribution in [-0.2, 0) is 20.9 Å². The largest absolute Gasteiger partial charge is 0.445 e. The molecule has 190 valence electrons. The predicted molar refractivity (Wildman–Crippen MR) is 130 cm³/mol. The number of anilines is 1. The van der Waals surface area contributed by atoms with Gasteiger partial charge in [-0.05, 0) is 49.9 Å². The lowest BCUT2D eigenvalue weighted by atomic mass is 10.0. The number of nitrogens with one attached hydrogen (secondary N) is 5. The Balaban J connectivity index is 2.75. The Morgan fingerprint density at radius 3 is 2.24 bits per heavy atom. The van der Waals surface area contributed by atoms with Gasteiger partial charge in [0.1, 0.15) is 12.6 Å². The molecule has 1 aromatic rings. The van der Waals surface area contributed by atoms with Crippen LogP contribution in [0, 0.1) is 5.92 Å². The first-order chi connectivity index (χ1) is 16.2. The number of carbonyl (C=O) groups excluding carboxylic acids is 4. The van der Waals surface area contributed by atoms with E-state index in [1.54, 1.807) is 31.3 Å². The van der Waals surface area contributed by atoms with E-state index in [1.165, 1.54) is 0 Å². The number of amides is 5. The zero-order chi connectivity index (χ0) is 25.5.